The Bertz CT molecular complexity index is 1150. The van der Waals surface area contributed by atoms with Crippen LogP contribution in [-0.4, -0.2) is 39.7 Å². The van der Waals surface area contributed by atoms with E-state index in [0.29, 0.717) is 19.4 Å². The lowest BCUT2D eigenvalue weighted by atomic mass is 9.46. The van der Waals surface area contributed by atoms with Gasteiger partial charge in [0.2, 0.25) is 0 Å². The molecule has 4 aliphatic rings. The molecule has 1 aromatic carbocycles. The quantitative estimate of drug-likeness (QED) is 0.623. The number of aliphatic hydroxyl groups is 2. The number of nitrogens with zero attached hydrogens (tertiary/aromatic N) is 1. The molecule has 4 aliphatic carbocycles. The minimum atomic E-state index is -1.62. The van der Waals surface area contributed by atoms with E-state index < -0.39 is 28.8 Å². The second kappa shape index (κ2) is 8.52. The van der Waals surface area contributed by atoms with Crippen molar-refractivity contribution in [1.82, 2.24) is 0 Å². The Morgan fingerprint density at radius 1 is 1.23 bits per heavy atom. The number of allylic oxidation sites excluding steroid dienone is 4. The van der Waals surface area contributed by atoms with Gasteiger partial charge in [0.15, 0.2) is 5.78 Å². The standard InChI is InChI=1S/C29H35NO5/c1-18-6-4-5-7-19(18)17-35-30-21-10-12-27(2)20(14-21)8-9-22-23-11-13-29(34,25(33)16-31)28(23,3)15-24(32)26(22)27/h4-7,10,12,14,22-23,26,31,34H,8-9,11,13,15-17H2,1-3H3/b30-21-/t22-,23-,26+,27-,28-,29-/m0/s1. The zero-order chi connectivity index (χ0) is 25.0. The summed E-state index contributed by atoms with van der Waals surface area (Å²) in [5.41, 5.74) is 1.35. The van der Waals surface area contributed by atoms with Gasteiger partial charge in [-0.1, -0.05) is 54.9 Å². The van der Waals surface area contributed by atoms with Crippen molar-refractivity contribution in [3.05, 3.63) is 59.2 Å². The van der Waals surface area contributed by atoms with E-state index in [2.05, 4.69) is 37.2 Å². The van der Waals surface area contributed by atoms with Gasteiger partial charge in [0, 0.05) is 23.2 Å². The number of hydrogen-bond acceptors (Lipinski definition) is 6. The third-order valence-electron chi connectivity index (χ3n) is 9.68. The highest BCUT2D eigenvalue weighted by molar-refractivity contribution is 6.06. The Morgan fingerprint density at radius 3 is 2.74 bits per heavy atom. The molecule has 6 heteroatoms. The van der Waals surface area contributed by atoms with Gasteiger partial charge in [-0.05, 0) is 67.7 Å². The molecule has 0 amide bonds. The average Bonchev–Trinajstić information content (AvgIpc) is 3.10. The predicted molar refractivity (Wildman–Crippen MR) is 132 cm³/mol. The number of rotatable bonds is 5. The molecule has 35 heavy (non-hydrogen) atoms. The molecular formula is C29H35NO5. The van der Waals surface area contributed by atoms with E-state index >= 15 is 0 Å². The summed E-state index contributed by atoms with van der Waals surface area (Å²) in [4.78, 5) is 31.9. The van der Waals surface area contributed by atoms with Gasteiger partial charge in [0.25, 0.3) is 0 Å². The highest BCUT2D eigenvalue weighted by atomic mass is 16.6. The minimum Gasteiger partial charge on any atom is -0.390 e. The molecule has 3 fully saturated rings. The number of aryl methyl sites for hydroxylation is 1. The van der Waals surface area contributed by atoms with E-state index in [4.69, 9.17) is 4.84 Å². The lowest BCUT2D eigenvalue weighted by Gasteiger charge is -2.56. The summed E-state index contributed by atoms with van der Waals surface area (Å²) in [6, 6.07) is 8.07. The fourth-order valence-corrected chi connectivity index (χ4v) is 7.64. The van der Waals surface area contributed by atoms with Crippen molar-refractivity contribution in [1.29, 1.82) is 0 Å². The van der Waals surface area contributed by atoms with Crippen LogP contribution < -0.4 is 0 Å². The van der Waals surface area contributed by atoms with Crippen LogP contribution in [0.25, 0.3) is 0 Å². The van der Waals surface area contributed by atoms with Crippen LogP contribution in [0.5, 0.6) is 0 Å². The minimum absolute atomic E-state index is 0.0741. The summed E-state index contributed by atoms with van der Waals surface area (Å²) < 4.78 is 0. The van der Waals surface area contributed by atoms with Gasteiger partial charge in [0.1, 0.15) is 30.3 Å². The topological polar surface area (TPSA) is 96.2 Å². The maximum absolute atomic E-state index is 13.7. The molecule has 0 aromatic heterocycles. The first-order valence-electron chi connectivity index (χ1n) is 12.7. The first-order chi connectivity index (χ1) is 16.6. The van der Waals surface area contributed by atoms with Crippen LogP contribution in [0.15, 0.2) is 53.2 Å². The monoisotopic (exact) mass is 477 g/mol. The molecule has 0 unspecified atom stereocenters. The third kappa shape index (κ3) is 3.56. The Morgan fingerprint density at radius 2 is 2.00 bits per heavy atom. The number of benzene rings is 1. The molecule has 6 nitrogen and oxygen atoms in total. The van der Waals surface area contributed by atoms with Crippen molar-refractivity contribution in [3.8, 4) is 0 Å². The molecule has 0 saturated heterocycles. The number of oxime groups is 1. The summed E-state index contributed by atoms with van der Waals surface area (Å²) in [7, 11) is 0. The van der Waals surface area contributed by atoms with Crippen LogP contribution in [0.4, 0.5) is 0 Å². The third-order valence-corrected chi connectivity index (χ3v) is 9.68. The number of carbonyl (C=O) groups is 2. The van der Waals surface area contributed by atoms with Crippen LogP contribution >= 0.6 is 0 Å². The van der Waals surface area contributed by atoms with Gasteiger partial charge in [-0.15, -0.1) is 0 Å². The number of Topliss-reactive ketones (excluding diaryl/α,β-unsaturated/α-hetero) is 2. The number of fused-ring (bicyclic) bond motifs is 5. The molecule has 5 rings (SSSR count). The Labute approximate surface area is 206 Å². The van der Waals surface area contributed by atoms with Crippen molar-refractivity contribution in [2.75, 3.05) is 6.61 Å². The largest absolute Gasteiger partial charge is 0.390 e. The zero-order valence-corrected chi connectivity index (χ0v) is 20.8. The molecule has 0 bridgehead atoms. The molecule has 186 valence electrons. The Balaban J connectivity index is 1.37. The van der Waals surface area contributed by atoms with Gasteiger partial charge in [-0.3, -0.25) is 9.59 Å². The Hall–Kier alpha value is -2.57. The van der Waals surface area contributed by atoms with Crippen LogP contribution in [0.2, 0.25) is 0 Å². The van der Waals surface area contributed by atoms with E-state index in [0.717, 1.165) is 24.1 Å². The second-order valence-corrected chi connectivity index (χ2v) is 11.3. The molecule has 3 saturated carbocycles. The van der Waals surface area contributed by atoms with E-state index in [1.165, 1.54) is 11.1 Å². The lowest BCUT2D eigenvalue weighted by molar-refractivity contribution is -0.168. The fourth-order valence-electron chi connectivity index (χ4n) is 7.64. The highest BCUT2D eigenvalue weighted by Gasteiger charge is 2.68. The van der Waals surface area contributed by atoms with Crippen molar-refractivity contribution in [2.45, 2.75) is 65.1 Å². The number of ketones is 2. The first-order valence-corrected chi connectivity index (χ1v) is 12.7. The van der Waals surface area contributed by atoms with Crippen molar-refractivity contribution in [3.63, 3.8) is 0 Å². The van der Waals surface area contributed by atoms with E-state index in [1.807, 2.05) is 31.2 Å². The molecule has 0 aliphatic heterocycles. The molecule has 0 heterocycles. The molecule has 0 radical (unpaired) electrons. The highest BCUT2D eigenvalue weighted by Crippen LogP contribution is 2.66. The van der Waals surface area contributed by atoms with Crippen molar-refractivity contribution >= 4 is 17.3 Å². The smallest absolute Gasteiger partial charge is 0.190 e. The lowest BCUT2D eigenvalue weighted by Crippen LogP contribution is -2.60. The van der Waals surface area contributed by atoms with Crippen LogP contribution in [0, 0.1) is 35.5 Å². The van der Waals surface area contributed by atoms with E-state index in [9.17, 15) is 19.8 Å². The SMILES string of the molecule is Cc1ccccc1CO/N=C1/C=C[C@@]2(C)C(=C1)CC[C@@H]1[C@@H]2C(=O)C[C@@]2(C)[C@H]1CC[C@]2(O)C(=O)CO. The molecule has 1 aromatic rings. The number of hydrogen-bond donors (Lipinski definition) is 2. The molecule has 0 spiro atoms. The van der Waals surface area contributed by atoms with Crippen LogP contribution in [0.3, 0.4) is 0 Å². The summed E-state index contributed by atoms with van der Waals surface area (Å²) in [5.74, 6) is -0.457. The van der Waals surface area contributed by atoms with Crippen LogP contribution in [-0.2, 0) is 21.0 Å². The Kier molecular flexibility index (Phi) is 5.88. The second-order valence-electron chi connectivity index (χ2n) is 11.3. The van der Waals surface area contributed by atoms with Gasteiger partial charge >= 0.3 is 0 Å². The van der Waals surface area contributed by atoms with E-state index in [-0.39, 0.29) is 30.0 Å². The van der Waals surface area contributed by atoms with Gasteiger partial charge in [0.05, 0.1) is 0 Å². The molecular weight excluding hydrogens is 442 g/mol. The predicted octanol–water partition coefficient (Wildman–Crippen LogP) is 4.08. The van der Waals surface area contributed by atoms with Crippen LogP contribution in [0.1, 0.15) is 57.1 Å². The molecule has 2 N–H and O–H groups in total. The van der Waals surface area contributed by atoms with Gasteiger partial charge < -0.3 is 15.1 Å². The summed E-state index contributed by atoms with van der Waals surface area (Å²) >= 11 is 0. The maximum atomic E-state index is 13.7. The number of aliphatic hydroxyl groups excluding tert-OH is 1. The van der Waals surface area contributed by atoms with Gasteiger partial charge in [-0.2, -0.15) is 0 Å². The molecule has 6 atom stereocenters. The first kappa shape index (κ1) is 24.1. The number of carbonyl (C=O) groups excluding carboxylic acids is 2. The fraction of sp³-hybridized carbons (Fsp3) is 0.552. The van der Waals surface area contributed by atoms with Gasteiger partial charge in [-0.25, -0.2) is 0 Å². The van der Waals surface area contributed by atoms with E-state index in [1.54, 1.807) is 0 Å². The van der Waals surface area contributed by atoms with Crippen molar-refractivity contribution in [2.24, 2.45) is 33.7 Å². The summed E-state index contributed by atoms with van der Waals surface area (Å²) in [6.45, 7) is 5.78. The zero-order valence-electron chi connectivity index (χ0n) is 20.8. The maximum Gasteiger partial charge on any atom is 0.190 e. The van der Waals surface area contributed by atoms with Crippen molar-refractivity contribution < 1.29 is 24.6 Å². The summed E-state index contributed by atoms with van der Waals surface area (Å²) in [5, 5.41) is 25.2. The normalized spacial score (nSPS) is 39.0. The summed E-state index contributed by atoms with van der Waals surface area (Å²) in [6.07, 6.45) is 8.98. The average molecular weight is 478 g/mol.